The zero-order chi connectivity index (χ0) is 10.8. The van der Waals surface area contributed by atoms with Crippen molar-refractivity contribution in [2.45, 2.75) is 13.3 Å². The van der Waals surface area contributed by atoms with Crippen LogP contribution in [0.4, 0.5) is 0 Å². The van der Waals surface area contributed by atoms with Crippen molar-refractivity contribution in [3.05, 3.63) is 29.1 Å². The molecular weight excluding hydrogens is 212 g/mol. The van der Waals surface area contributed by atoms with E-state index in [1.807, 2.05) is 6.07 Å². The van der Waals surface area contributed by atoms with E-state index >= 15 is 0 Å². The van der Waals surface area contributed by atoms with Gasteiger partial charge in [-0.25, -0.2) is 4.98 Å². The molecule has 4 heteroatoms. The highest BCUT2D eigenvalue weighted by molar-refractivity contribution is 6.31. The summed E-state index contributed by atoms with van der Waals surface area (Å²) >= 11 is 5.86. The number of benzene rings is 1. The first-order valence-corrected chi connectivity index (χ1v) is 5.32. The van der Waals surface area contributed by atoms with E-state index in [9.17, 15) is 0 Å². The highest BCUT2D eigenvalue weighted by Crippen LogP contribution is 2.21. The maximum atomic E-state index is 5.86. The first-order chi connectivity index (χ1) is 7.19. The third-order valence-electron chi connectivity index (χ3n) is 2.32. The molecule has 1 heterocycles. The van der Waals surface area contributed by atoms with Gasteiger partial charge in [0.1, 0.15) is 5.52 Å². The molecule has 0 aliphatic rings. The van der Waals surface area contributed by atoms with E-state index in [1.54, 1.807) is 12.1 Å². The van der Waals surface area contributed by atoms with Crippen LogP contribution in [0, 0.1) is 5.92 Å². The minimum absolute atomic E-state index is 0.383. The van der Waals surface area contributed by atoms with E-state index in [0.717, 1.165) is 23.4 Å². The first kappa shape index (κ1) is 10.5. The van der Waals surface area contributed by atoms with Crippen LogP contribution in [0.5, 0.6) is 0 Å². The fourth-order valence-electron chi connectivity index (χ4n) is 1.42. The number of hydrogen-bond donors (Lipinski definition) is 1. The molecule has 0 amide bonds. The highest BCUT2D eigenvalue weighted by atomic mass is 35.5. The van der Waals surface area contributed by atoms with Crippen LogP contribution < -0.4 is 5.73 Å². The number of fused-ring (bicyclic) bond motifs is 1. The molecule has 1 unspecified atom stereocenters. The fraction of sp³-hybridized carbons (Fsp3) is 0.364. The van der Waals surface area contributed by atoms with Crippen molar-refractivity contribution in [2.24, 2.45) is 11.7 Å². The molecule has 80 valence electrons. The summed E-state index contributed by atoms with van der Waals surface area (Å²) in [6.07, 6.45) is 0.767. The second-order valence-electron chi connectivity index (χ2n) is 3.76. The van der Waals surface area contributed by atoms with Crippen molar-refractivity contribution in [3.8, 4) is 0 Å². The number of oxazole rings is 1. The molecule has 1 aromatic heterocycles. The Kier molecular flexibility index (Phi) is 2.93. The monoisotopic (exact) mass is 224 g/mol. The van der Waals surface area contributed by atoms with E-state index in [4.69, 9.17) is 21.8 Å². The molecule has 0 aliphatic carbocycles. The van der Waals surface area contributed by atoms with Gasteiger partial charge >= 0.3 is 0 Å². The summed E-state index contributed by atoms with van der Waals surface area (Å²) in [5, 5.41) is 0.675. The topological polar surface area (TPSA) is 52.0 Å². The average Bonchev–Trinajstić information content (AvgIpc) is 2.59. The smallest absolute Gasteiger partial charge is 0.195 e. The number of halogens is 1. The van der Waals surface area contributed by atoms with E-state index in [1.165, 1.54) is 0 Å². The maximum absolute atomic E-state index is 5.86. The normalized spacial score (nSPS) is 13.3. The highest BCUT2D eigenvalue weighted by Gasteiger charge is 2.09. The van der Waals surface area contributed by atoms with Gasteiger partial charge in [-0.15, -0.1) is 0 Å². The lowest BCUT2D eigenvalue weighted by molar-refractivity contribution is 0.468. The molecule has 1 aromatic carbocycles. The van der Waals surface area contributed by atoms with Crippen LogP contribution in [-0.2, 0) is 6.42 Å². The molecule has 0 fully saturated rings. The van der Waals surface area contributed by atoms with Gasteiger partial charge in [0.25, 0.3) is 0 Å². The lowest BCUT2D eigenvalue weighted by Crippen LogP contribution is -2.13. The van der Waals surface area contributed by atoms with Crippen LogP contribution in [0.2, 0.25) is 5.02 Å². The van der Waals surface area contributed by atoms with Gasteiger partial charge in [0.15, 0.2) is 11.5 Å². The molecular formula is C11H13ClN2O. The lowest BCUT2D eigenvalue weighted by atomic mass is 10.1. The summed E-state index contributed by atoms with van der Waals surface area (Å²) in [5.74, 6) is 1.11. The Bertz CT molecular complexity index is 467. The lowest BCUT2D eigenvalue weighted by Gasteiger charge is -2.02. The quantitative estimate of drug-likeness (QED) is 0.872. The Morgan fingerprint density at radius 1 is 1.53 bits per heavy atom. The number of aromatic nitrogens is 1. The van der Waals surface area contributed by atoms with Gasteiger partial charge in [-0.05, 0) is 30.7 Å². The molecule has 15 heavy (non-hydrogen) atoms. The number of nitrogens with two attached hydrogens (primary N) is 1. The largest absolute Gasteiger partial charge is 0.441 e. The van der Waals surface area contributed by atoms with Crippen LogP contribution in [0.25, 0.3) is 11.1 Å². The summed E-state index contributed by atoms with van der Waals surface area (Å²) in [4.78, 5) is 4.35. The maximum Gasteiger partial charge on any atom is 0.195 e. The predicted molar refractivity (Wildman–Crippen MR) is 60.9 cm³/mol. The summed E-state index contributed by atoms with van der Waals surface area (Å²) in [6.45, 7) is 2.71. The summed E-state index contributed by atoms with van der Waals surface area (Å²) < 4.78 is 5.57. The first-order valence-electron chi connectivity index (χ1n) is 4.94. The number of nitrogens with zero attached hydrogens (tertiary/aromatic N) is 1. The van der Waals surface area contributed by atoms with Crippen LogP contribution >= 0.6 is 11.6 Å². The standard InChI is InChI=1S/C11H13ClN2O/c1-7(6-13)4-11-14-9-5-8(12)2-3-10(9)15-11/h2-3,5,7H,4,6,13H2,1H3. The summed E-state index contributed by atoms with van der Waals surface area (Å²) in [7, 11) is 0. The Balaban J connectivity index is 2.30. The predicted octanol–water partition coefficient (Wildman–Crippen LogP) is 2.62. The third kappa shape index (κ3) is 2.30. The minimum atomic E-state index is 0.383. The second-order valence-corrected chi connectivity index (χ2v) is 4.20. The van der Waals surface area contributed by atoms with Gasteiger partial charge in [-0.1, -0.05) is 18.5 Å². The van der Waals surface area contributed by atoms with Crippen molar-refractivity contribution in [1.29, 1.82) is 0 Å². The van der Waals surface area contributed by atoms with Gasteiger partial charge < -0.3 is 10.2 Å². The van der Waals surface area contributed by atoms with Gasteiger partial charge in [0, 0.05) is 11.4 Å². The number of hydrogen-bond acceptors (Lipinski definition) is 3. The van der Waals surface area contributed by atoms with E-state index in [0.29, 0.717) is 17.5 Å². The van der Waals surface area contributed by atoms with Crippen LogP contribution in [0.15, 0.2) is 22.6 Å². The summed E-state index contributed by atoms with van der Waals surface area (Å²) in [6, 6.07) is 5.43. The Morgan fingerprint density at radius 3 is 3.07 bits per heavy atom. The average molecular weight is 225 g/mol. The molecule has 0 spiro atoms. The minimum Gasteiger partial charge on any atom is -0.441 e. The van der Waals surface area contributed by atoms with Gasteiger partial charge in [-0.3, -0.25) is 0 Å². The van der Waals surface area contributed by atoms with Crippen LogP contribution in [0.3, 0.4) is 0 Å². The zero-order valence-corrected chi connectivity index (χ0v) is 9.29. The van der Waals surface area contributed by atoms with Crippen molar-refractivity contribution in [3.63, 3.8) is 0 Å². The zero-order valence-electron chi connectivity index (χ0n) is 8.53. The van der Waals surface area contributed by atoms with Crippen LogP contribution in [0.1, 0.15) is 12.8 Å². The molecule has 1 atom stereocenters. The van der Waals surface area contributed by atoms with E-state index < -0.39 is 0 Å². The molecule has 0 saturated heterocycles. The molecule has 0 saturated carbocycles. The van der Waals surface area contributed by atoms with Gasteiger partial charge in [0.2, 0.25) is 0 Å². The molecule has 3 nitrogen and oxygen atoms in total. The molecule has 2 rings (SSSR count). The van der Waals surface area contributed by atoms with E-state index in [-0.39, 0.29) is 0 Å². The number of rotatable bonds is 3. The third-order valence-corrected chi connectivity index (χ3v) is 2.55. The van der Waals surface area contributed by atoms with Crippen molar-refractivity contribution in [2.75, 3.05) is 6.54 Å². The Labute approximate surface area is 93.2 Å². The van der Waals surface area contributed by atoms with Gasteiger partial charge in [-0.2, -0.15) is 0 Å². The molecule has 2 N–H and O–H groups in total. The molecule has 0 bridgehead atoms. The van der Waals surface area contributed by atoms with Crippen LogP contribution in [-0.4, -0.2) is 11.5 Å². The van der Waals surface area contributed by atoms with Crippen molar-refractivity contribution < 1.29 is 4.42 Å². The Morgan fingerprint density at radius 2 is 2.33 bits per heavy atom. The Hall–Kier alpha value is -1.06. The van der Waals surface area contributed by atoms with Gasteiger partial charge in [0.05, 0.1) is 0 Å². The second kappa shape index (κ2) is 4.21. The van der Waals surface area contributed by atoms with Crippen molar-refractivity contribution in [1.82, 2.24) is 4.98 Å². The SMILES string of the molecule is CC(CN)Cc1nc2cc(Cl)ccc2o1. The summed E-state index contributed by atoms with van der Waals surface area (Å²) in [5.41, 5.74) is 7.13. The fourth-order valence-corrected chi connectivity index (χ4v) is 1.58. The van der Waals surface area contributed by atoms with Crippen molar-refractivity contribution >= 4 is 22.7 Å². The molecule has 0 aliphatic heterocycles. The van der Waals surface area contributed by atoms with E-state index in [2.05, 4.69) is 11.9 Å². The molecule has 2 aromatic rings. The molecule has 0 radical (unpaired) electrons.